The van der Waals surface area contributed by atoms with Gasteiger partial charge in [0, 0.05) is 0 Å². The van der Waals surface area contributed by atoms with Crippen LogP contribution >= 0.6 is 0 Å². The highest BCUT2D eigenvalue weighted by Gasteiger charge is 2.15. The first-order valence-electron chi connectivity index (χ1n) is 4.49. The maximum absolute atomic E-state index is 9.48. The van der Waals surface area contributed by atoms with Crippen LogP contribution in [0, 0.1) is 5.92 Å². The summed E-state index contributed by atoms with van der Waals surface area (Å²) in [5, 5.41) is 9.48. The fraction of sp³-hybridized carbons (Fsp3) is 1.00. The highest BCUT2D eigenvalue weighted by molar-refractivity contribution is 4.67. The molecular weight excluding hydrogens is 124 g/mol. The zero-order chi connectivity index (χ0) is 7.40. The summed E-state index contributed by atoms with van der Waals surface area (Å²) in [6, 6.07) is 0. The summed E-state index contributed by atoms with van der Waals surface area (Å²) in [6.45, 7) is 2.16. The number of aliphatic hydroxyl groups excluding tert-OH is 1. The minimum atomic E-state index is -0.0136. The van der Waals surface area contributed by atoms with Crippen LogP contribution in [0.5, 0.6) is 0 Å². The molecule has 1 fully saturated rings. The SMILES string of the molecule is C[C@@H]1CCCCCC[C@H]1O. The van der Waals surface area contributed by atoms with Gasteiger partial charge in [-0.3, -0.25) is 0 Å². The van der Waals surface area contributed by atoms with Crippen molar-refractivity contribution in [2.45, 2.75) is 51.6 Å². The van der Waals surface area contributed by atoms with E-state index in [1.807, 2.05) is 0 Å². The van der Waals surface area contributed by atoms with Crippen LogP contribution in [0.4, 0.5) is 0 Å². The predicted octanol–water partition coefficient (Wildman–Crippen LogP) is 2.34. The van der Waals surface area contributed by atoms with Crippen LogP contribution in [0.1, 0.15) is 45.4 Å². The Morgan fingerprint density at radius 1 is 1.00 bits per heavy atom. The fourth-order valence-corrected chi connectivity index (χ4v) is 1.65. The van der Waals surface area contributed by atoms with E-state index < -0.39 is 0 Å². The molecule has 0 spiro atoms. The maximum atomic E-state index is 9.48. The molecule has 2 atom stereocenters. The summed E-state index contributed by atoms with van der Waals surface area (Å²) >= 11 is 0. The lowest BCUT2D eigenvalue weighted by Gasteiger charge is -2.21. The van der Waals surface area contributed by atoms with Crippen molar-refractivity contribution in [3.63, 3.8) is 0 Å². The zero-order valence-corrected chi connectivity index (χ0v) is 6.84. The minimum absolute atomic E-state index is 0.0136. The van der Waals surface area contributed by atoms with Gasteiger partial charge in [-0.2, -0.15) is 0 Å². The van der Waals surface area contributed by atoms with E-state index in [-0.39, 0.29) is 6.10 Å². The monoisotopic (exact) mass is 142 g/mol. The van der Waals surface area contributed by atoms with Gasteiger partial charge in [0.2, 0.25) is 0 Å². The lowest BCUT2D eigenvalue weighted by atomic mass is 9.90. The molecule has 1 aliphatic carbocycles. The number of rotatable bonds is 0. The Hall–Kier alpha value is -0.0400. The van der Waals surface area contributed by atoms with Gasteiger partial charge in [0.25, 0.3) is 0 Å². The van der Waals surface area contributed by atoms with Gasteiger partial charge in [-0.05, 0) is 18.8 Å². The van der Waals surface area contributed by atoms with Crippen molar-refractivity contribution in [3.8, 4) is 0 Å². The Bertz CT molecular complexity index is 78.7. The van der Waals surface area contributed by atoms with Crippen LogP contribution in [0.25, 0.3) is 0 Å². The third-order valence-electron chi connectivity index (χ3n) is 2.57. The van der Waals surface area contributed by atoms with Gasteiger partial charge in [-0.25, -0.2) is 0 Å². The molecular formula is C9H18O. The summed E-state index contributed by atoms with van der Waals surface area (Å²) in [7, 11) is 0. The summed E-state index contributed by atoms with van der Waals surface area (Å²) < 4.78 is 0. The molecule has 0 saturated heterocycles. The molecule has 0 radical (unpaired) electrons. The van der Waals surface area contributed by atoms with E-state index in [0.717, 1.165) is 6.42 Å². The molecule has 1 saturated carbocycles. The van der Waals surface area contributed by atoms with E-state index in [2.05, 4.69) is 6.92 Å². The molecule has 1 rings (SSSR count). The van der Waals surface area contributed by atoms with E-state index in [9.17, 15) is 5.11 Å². The Kier molecular flexibility index (Phi) is 3.20. The second-order valence-electron chi connectivity index (χ2n) is 3.54. The van der Waals surface area contributed by atoms with Crippen LogP contribution in [0.15, 0.2) is 0 Å². The van der Waals surface area contributed by atoms with Crippen LogP contribution in [-0.2, 0) is 0 Å². The van der Waals surface area contributed by atoms with Crippen LogP contribution in [-0.4, -0.2) is 11.2 Å². The third-order valence-corrected chi connectivity index (χ3v) is 2.57. The average Bonchev–Trinajstić information content (AvgIpc) is 1.92. The van der Waals surface area contributed by atoms with E-state index in [1.54, 1.807) is 0 Å². The van der Waals surface area contributed by atoms with Crippen molar-refractivity contribution in [2.75, 3.05) is 0 Å². The van der Waals surface area contributed by atoms with Crippen molar-refractivity contribution in [3.05, 3.63) is 0 Å². The van der Waals surface area contributed by atoms with Crippen molar-refractivity contribution in [1.82, 2.24) is 0 Å². The first-order chi connectivity index (χ1) is 4.80. The molecule has 0 heterocycles. The fourth-order valence-electron chi connectivity index (χ4n) is 1.65. The quantitative estimate of drug-likeness (QED) is 0.550. The van der Waals surface area contributed by atoms with Crippen molar-refractivity contribution >= 4 is 0 Å². The molecule has 1 nitrogen and oxygen atoms in total. The smallest absolute Gasteiger partial charge is 0.0565 e. The highest BCUT2D eigenvalue weighted by atomic mass is 16.3. The lowest BCUT2D eigenvalue weighted by molar-refractivity contribution is 0.0928. The molecule has 0 aromatic heterocycles. The standard InChI is InChI=1S/C9H18O/c1-8-6-4-2-3-5-7-9(8)10/h8-10H,2-7H2,1H3/t8-,9-/m1/s1. The molecule has 0 bridgehead atoms. The van der Waals surface area contributed by atoms with E-state index >= 15 is 0 Å². The molecule has 0 amide bonds. The molecule has 1 N–H and O–H groups in total. The van der Waals surface area contributed by atoms with Gasteiger partial charge in [0.15, 0.2) is 0 Å². The topological polar surface area (TPSA) is 20.2 Å². The Labute approximate surface area is 63.4 Å². The van der Waals surface area contributed by atoms with Crippen molar-refractivity contribution in [1.29, 1.82) is 0 Å². The molecule has 0 aromatic carbocycles. The van der Waals surface area contributed by atoms with Gasteiger partial charge in [0.1, 0.15) is 0 Å². The normalized spacial score (nSPS) is 36.6. The van der Waals surface area contributed by atoms with Gasteiger partial charge in [-0.15, -0.1) is 0 Å². The largest absolute Gasteiger partial charge is 0.393 e. The van der Waals surface area contributed by atoms with Gasteiger partial charge >= 0.3 is 0 Å². The zero-order valence-electron chi connectivity index (χ0n) is 6.84. The van der Waals surface area contributed by atoms with E-state index in [1.165, 1.54) is 32.1 Å². The first-order valence-corrected chi connectivity index (χ1v) is 4.49. The molecule has 0 unspecified atom stereocenters. The number of hydrogen-bond donors (Lipinski definition) is 1. The number of aliphatic hydroxyl groups is 1. The van der Waals surface area contributed by atoms with Crippen molar-refractivity contribution in [2.24, 2.45) is 5.92 Å². The van der Waals surface area contributed by atoms with E-state index in [4.69, 9.17) is 0 Å². The van der Waals surface area contributed by atoms with Gasteiger partial charge in [0.05, 0.1) is 6.10 Å². The van der Waals surface area contributed by atoms with Gasteiger partial charge in [-0.1, -0.05) is 32.6 Å². The maximum Gasteiger partial charge on any atom is 0.0565 e. The molecule has 10 heavy (non-hydrogen) atoms. The molecule has 1 heteroatoms. The highest BCUT2D eigenvalue weighted by Crippen LogP contribution is 2.21. The Morgan fingerprint density at radius 3 is 2.30 bits per heavy atom. The van der Waals surface area contributed by atoms with Crippen LogP contribution < -0.4 is 0 Å². The van der Waals surface area contributed by atoms with Gasteiger partial charge < -0.3 is 5.11 Å². The second kappa shape index (κ2) is 3.97. The molecule has 60 valence electrons. The molecule has 0 aromatic rings. The Balaban J connectivity index is 2.28. The summed E-state index contributed by atoms with van der Waals surface area (Å²) in [5.41, 5.74) is 0. The summed E-state index contributed by atoms with van der Waals surface area (Å²) in [6.07, 6.45) is 7.48. The number of hydrogen-bond acceptors (Lipinski definition) is 1. The Morgan fingerprint density at radius 2 is 1.60 bits per heavy atom. The van der Waals surface area contributed by atoms with Crippen LogP contribution in [0.3, 0.4) is 0 Å². The third kappa shape index (κ3) is 2.30. The summed E-state index contributed by atoms with van der Waals surface area (Å²) in [4.78, 5) is 0. The average molecular weight is 142 g/mol. The summed E-state index contributed by atoms with van der Waals surface area (Å²) in [5.74, 6) is 0.542. The minimum Gasteiger partial charge on any atom is -0.393 e. The first kappa shape index (κ1) is 8.06. The molecule has 1 aliphatic rings. The predicted molar refractivity (Wildman–Crippen MR) is 42.9 cm³/mol. The van der Waals surface area contributed by atoms with Crippen molar-refractivity contribution < 1.29 is 5.11 Å². The molecule has 0 aliphatic heterocycles. The second-order valence-corrected chi connectivity index (χ2v) is 3.54. The lowest BCUT2D eigenvalue weighted by Crippen LogP contribution is -2.18. The van der Waals surface area contributed by atoms with Crippen LogP contribution in [0.2, 0.25) is 0 Å². The van der Waals surface area contributed by atoms with E-state index in [0.29, 0.717) is 5.92 Å².